The number of hydrogen-bond acceptors (Lipinski definition) is 6. The maximum Gasteiger partial charge on any atom is 0.251 e. The molecule has 0 spiro atoms. The lowest BCUT2D eigenvalue weighted by Gasteiger charge is -2.30. The molecule has 1 fully saturated rings. The molecule has 2 N–H and O–H groups in total. The van der Waals surface area contributed by atoms with Crippen LogP contribution in [-0.2, 0) is 0 Å². The van der Waals surface area contributed by atoms with Crippen LogP contribution >= 0.6 is 0 Å². The van der Waals surface area contributed by atoms with Crippen molar-refractivity contribution >= 4 is 22.9 Å². The van der Waals surface area contributed by atoms with E-state index in [0.717, 1.165) is 54.3 Å². The van der Waals surface area contributed by atoms with Crippen LogP contribution in [0.5, 0.6) is 0 Å². The molecule has 1 aromatic carbocycles. The molecule has 0 unspecified atom stereocenters. The van der Waals surface area contributed by atoms with Gasteiger partial charge >= 0.3 is 0 Å². The number of hydrogen-bond donors (Lipinski definition) is 2. The van der Waals surface area contributed by atoms with Crippen LogP contribution in [0.2, 0.25) is 0 Å². The summed E-state index contributed by atoms with van der Waals surface area (Å²) >= 11 is 0. The predicted molar refractivity (Wildman–Crippen MR) is 137 cm³/mol. The van der Waals surface area contributed by atoms with Crippen molar-refractivity contribution in [1.29, 1.82) is 0 Å². The van der Waals surface area contributed by atoms with E-state index in [-0.39, 0.29) is 11.9 Å². The standard InChI is InChI=1S/C26H37N7O/c1-16(2)32(17(3)4)14-13-27-23-22-25(29-15-28-23)33(18(5)6)24(31-22)19-7-9-20(10-8-19)26(34)30-21-11-12-21/h7-10,15-18,21H,11-14H2,1-6H3,(H,30,34)(H,27,28,29). The Balaban J connectivity index is 1.60. The summed E-state index contributed by atoms with van der Waals surface area (Å²) in [6.07, 6.45) is 3.75. The van der Waals surface area contributed by atoms with E-state index in [2.05, 4.69) is 71.6 Å². The molecule has 8 nitrogen and oxygen atoms in total. The average molecular weight is 464 g/mol. The summed E-state index contributed by atoms with van der Waals surface area (Å²) in [4.78, 5) is 28.9. The Bertz CT molecular complexity index is 1120. The molecular weight excluding hydrogens is 426 g/mol. The van der Waals surface area contributed by atoms with Crippen molar-refractivity contribution < 1.29 is 4.79 Å². The summed E-state index contributed by atoms with van der Waals surface area (Å²) in [6.45, 7) is 14.8. The van der Waals surface area contributed by atoms with Gasteiger partial charge in [-0.2, -0.15) is 0 Å². The summed E-state index contributed by atoms with van der Waals surface area (Å²) in [5.41, 5.74) is 3.20. The second kappa shape index (κ2) is 10.1. The number of imidazole rings is 1. The number of benzene rings is 1. The largest absolute Gasteiger partial charge is 0.367 e. The summed E-state index contributed by atoms with van der Waals surface area (Å²) in [7, 11) is 0. The highest BCUT2D eigenvalue weighted by Crippen LogP contribution is 2.30. The number of amides is 1. The zero-order valence-corrected chi connectivity index (χ0v) is 21.2. The minimum atomic E-state index is -0.0133. The maximum absolute atomic E-state index is 12.4. The first kappa shape index (κ1) is 24.1. The van der Waals surface area contributed by atoms with Gasteiger partial charge in [0.2, 0.25) is 0 Å². The number of anilines is 1. The summed E-state index contributed by atoms with van der Waals surface area (Å²) in [5.74, 6) is 1.56. The molecule has 1 aliphatic carbocycles. The van der Waals surface area contributed by atoms with Crippen LogP contribution in [0.15, 0.2) is 30.6 Å². The number of nitrogens with zero attached hydrogens (tertiary/aromatic N) is 5. The van der Waals surface area contributed by atoms with Crippen LogP contribution in [0.1, 0.15) is 70.8 Å². The van der Waals surface area contributed by atoms with Crippen molar-refractivity contribution in [3.05, 3.63) is 36.2 Å². The number of rotatable bonds is 10. The van der Waals surface area contributed by atoms with E-state index in [1.165, 1.54) is 0 Å². The fourth-order valence-corrected chi connectivity index (χ4v) is 4.41. The maximum atomic E-state index is 12.4. The zero-order valence-electron chi connectivity index (χ0n) is 21.2. The normalized spacial score (nSPS) is 14.1. The predicted octanol–water partition coefficient (Wildman–Crippen LogP) is 4.50. The highest BCUT2D eigenvalue weighted by molar-refractivity contribution is 5.95. The van der Waals surface area contributed by atoms with Gasteiger partial charge in [-0.1, -0.05) is 12.1 Å². The third-order valence-electron chi connectivity index (χ3n) is 6.30. The molecule has 2 aromatic heterocycles. The number of fused-ring (bicyclic) bond motifs is 1. The molecule has 1 saturated carbocycles. The van der Waals surface area contributed by atoms with Gasteiger partial charge in [0.25, 0.3) is 5.91 Å². The lowest BCUT2D eigenvalue weighted by atomic mass is 10.1. The smallest absolute Gasteiger partial charge is 0.251 e. The Labute approximate surface area is 202 Å². The topological polar surface area (TPSA) is 88.0 Å². The molecule has 0 atom stereocenters. The minimum Gasteiger partial charge on any atom is -0.367 e. The van der Waals surface area contributed by atoms with Crippen molar-refractivity contribution in [3.8, 4) is 11.4 Å². The SMILES string of the molecule is CC(C)N(CCNc1ncnc2c1nc(-c1ccc(C(=O)NC3CC3)cc1)n2C(C)C)C(C)C. The third kappa shape index (κ3) is 5.22. The Morgan fingerprint density at radius 3 is 2.32 bits per heavy atom. The molecule has 8 heteroatoms. The molecule has 34 heavy (non-hydrogen) atoms. The van der Waals surface area contributed by atoms with E-state index in [9.17, 15) is 4.79 Å². The van der Waals surface area contributed by atoms with Gasteiger partial charge in [0.15, 0.2) is 17.0 Å². The van der Waals surface area contributed by atoms with Gasteiger partial charge < -0.3 is 15.2 Å². The lowest BCUT2D eigenvalue weighted by molar-refractivity contribution is 0.0951. The highest BCUT2D eigenvalue weighted by Gasteiger charge is 2.24. The van der Waals surface area contributed by atoms with Gasteiger partial charge in [0, 0.05) is 48.4 Å². The third-order valence-corrected chi connectivity index (χ3v) is 6.30. The second-order valence-corrected chi connectivity index (χ2v) is 9.97. The lowest BCUT2D eigenvalue weighted by Crippen LogP contribution is -2.40. The molecule has 182 valence electrons. The summed E-state index contributed by atoms with van der Waals surface area (Å²) < 4.78 is 2.13. The number of aromatic nitrogens is 4. The van der Waals surface area contributed by atoms with Crippen LogP contribution in [0.3, 0.4) is 0 Å². The Morgan fingerprint density at radius 1 is 1.06 bits per heavy atom. The van der Waals surface area contributed by atoms with E-state index in [1.54, 1.807) is 6.33 Å². The van der Waals surface area contributed by atoms with E-state index < -0.39 is 0 Å². The van der Waals surface area contributed by atoms with E-state index in [1.807, 2.05) is 24.3 Å². The zero-order chi connectivity index (χ0) is 24.4. The van der Waals surface area contributed by atoms with Gasteiger partial charge in [0.1, 0.15) is 12.2 Å². The Hall–Kier alpha value is -3.00. The second-order valence-electron chi connectivity index (χ2n) is 9.97. The van der Waals surface area contributed by atoms with Gasteiger partial charge in [-0.05, 0) is 66.5 Å². The van der Waals surface area contributed by atoms with Crippen LogP contribution in [0, 0.1) is 0 Å². The van der Waals surface area contributed by atoms with Crippen LogP contribution in [0.4, 0.5) is 5.82 Å². The molecule has 0 saturated heterocycles. The molecular formula is C26H37N7O. The van der Waals surface area contributed by atoms with Crippen molar-refractivity contribution in [2.45, 2.75) is 78.6 Å². The van der Waals surface area contributed by atoms with Crippen molar-refractivity contribution in [1.82, 2.24) is 29.7 Å². The summed E-state index contributed by atoms with van der Waals surface area (Å²) in [5, 5.41) is 6.52. The van der Waals surface area contributed by atoms with E-state index >= 15 is 0 Å². The van der Waals surface area contributed by atoms with E-state index in [0.29, 0.717) is 23.7 Å². The fraction of sp³-hybridized carbons (Fsp3) is 0.538. The first-order valence-corrected chi connectivity index (χ1v) is 12.4. The minimum absolute atomic E-state index is 0.0133. The van der Waals surface area contributed by atoms with Crippen LogP contribution < -0.4 is 10.6 Å². The van der Waals surface area contributed by atoms with Gasteiger partial charge in [-0.15, -0.1) is 0 Å². The van der Waals surface area contributed by atoms with Crippen LogP contribution in [0.25, 0.3) is 22.6 Å². The number of nitrogens with one attached hydrogen (secondary N) is 2. The number of carbonyl (C=O) groups excluding carboxylic acids is 1. The summed E-state index contributed by atoms with van der Waals surface area (Å²) in [6, 6.07) is 9.13. The first-order chi connectivity index (χ1) is 16.3. The Kier molecular flexibility index (Phi) is 7.16. The van der Waals surface area contributed by atoms with Gasteiger partial charge in [0.05, 0.1) is 0 Å². The molecule has 4 rings (SSSR count). The van der Waals surface area contributed by atoms with Gasteiger partial charge in [-0.25, -0.2) is 15.0 Å². The molecule has 1 amide bonds. The average Bonchev–Trinajstić information content (AvgIpc) is 3.51. The quantitative estimate of drug-likeness (QED) is 0.460. The molecule has 2 heterocycles. The Morgan fingerprint density at radius 2 is 1.74 bits per heavy atom. The van der Waals surface area contributed by atoms with Crippen molar-refractivity contribution in [2.24, 2.45) is 0 Å². The fourth-order valence-electron chi connectivity index (χ4n) is 4.41. The van der Waals surface area contributed by atoms with E-state index in [4.69, 9.17) is 4.98 Å². The number of carbonyl (C=O) groups is 1. The van der Waals surface area contributed by atoms with Crippen LogP contribution in [-0.4, -0.2) is 61.5 Å². The van der Waals surface area contributed by atoms with Gasteiger partial charge in [-0.3, -0.25) is 9.69 Å². The van der Waals surface area contributed by atoms with Crippen molar-refractivity contribution in [2.75, 3.05) is 18.4 Å². The molecule has 3 aromatic rings. The molecule has 0 aliphatic heterocycles. The van der Waals surface area contributed by atoms with Crippen molar-refractivity contribution in [3.63, 3.8) is 0 Å². The molecule has 0 bridgehead atoms. The highest BCUT2D eigenvalue weighted by atomic mass is 16.1. The molecule has 0 radical (unpaired) electrons. The first-order valence-electron chi connectivity index (χ1n) is 12.4. The molecule has 1 aliphatic rings. The monoisotopic (exact) mass is 463 g/mol.